The summed E-state index contributed by atoms with van der Waals surface area (Å²) >= 11 is 6.01. The Morgan fingerprint density at radius 3 is 2.41 bits per heavy atom. The van der Waals surface area contributed by atoms with Gasteiger partial charge in [-0.1, -0.05) is 107 Å². The largest absolute Gasteiger partial charge is 0.478 e. The number of aromatic carboxylic acids is 1. The van der Waals surface area contributed by atoms with Gasteiger partial charge in [-0.05, 0) is 53.2 Å². The SMILES string of the molecule is CC(C)(C)C1C=CC(C(Cc2ccc(C(=O)O)cc2)c2cc(-c3ccc(Br)cc3)on2)=CC1I. The van der Waals surface area contributed by atoms with Gasteiger partial charge < -0.3 is 9.63 Å². The number of hydrogen-bond acceptors (Lipinski definition) is 3. The number of aromatic nitrogens is 1. The third kappa shape index (κ3) is 5.71. The molecule has 6 heteroatoms. The van der Waals surface area contributed by atoms with Crippen LogP contribution in [0.4, 0.5) is 0 Å². The van der Waals surface area contributed by atoms with Gasteiger partial charge in [-0.15, -0.1) is 0 Å². The van der Waals surface area contributed by atoms with Gasteiger partial charge in [0.05, 0.1) is 11.3 Å². The number of alkyl halides is 1. The van der Waals surface area contributed by atoms with Crippen LogP contribution in [0.5, 0.6) is 0 Å². The van der Waals surface area contributed by atoms with Crippen molar-refractivity contribution in [3.8, 4) is 11.3 Å². The van der Waals surface area contributed by atoms with E-state index >= 15 is 0 Å². The van der Waals surface area contributed by atoms with Gasteiger partial charge in [-0.2, -0.15) is 0 Å². The van der Waals surface area contributed by atoms with E-state index in [0.29, 0.717) is 16.3 Å². The maximum absolute atomic E-state index is 11.3. The van der Waals surface area contributed by atoms with E-state index in [1.54, 1.807) is 12.1 Å². The van der Waals surface area contributed by atoms with Crippen molar-refractivity contribution in [3.63, 3.8) is 0 Å². The predicted octanol–water partition coefficient (Wildman–Crippen LogP) is 8.09. The van der Waals surface area contributed by atoms with Gasteiger partial charge in [0.25, 0.3) is 0 Å². The summed E-state index contributed by atoms with van der Waals surface area (Å²) in [5.41, 5.74) is 4.57. The van der Waals surface area contributed by atoms with Crippen LogP contribution in [0, 0.1) is 11.3 Å². The summed E-state index contributed by atoms with van der Waals surface area (Å²) in [5.74, 6) is 0.256. The number of rotatable bonds is 6. The summed E-state index contributed by atoms with van der Waals surface area (Å²) in [6.45, 7) is 6.82. The number of hydrogen-bond donors (Lipinski definition) is 1. The molecule has 0 aliphatic heterocycles. The first-order valence-corrected chi connectivity index (χ1v) is 13.2. The molecule has 1 heterocycles. The minimum absolute atomic E-state index is 0.00180. The molecule has 0 spiro atoms. The summed E-state index contributed by atoms with van der Waals surface area (Å²) in [6, 6.07) is 17.1. The first-order chi connectivity index (χ1) is 16.1. The van der Waals surface area contributed by atoms with Crippen LogP contribution in [0.2, 0.25) is 0 Å². The Balaban J connectivity index is 1.68. The van der Waals surface area contributed by atoms with Crippen LogP contribution >= 0.6 is 38.5 Å². The highest BCUT2D eigenvalue weighted by molar-refractivity contribution is 14.1. The molecule has 4 nitrogen and oxygen atoms in total. The smallest absolute Gasteiger partial charge is 0.335 e. The Kier molecular flexibility index (Phi) is 7.48. The Labute approximate surface area is 222 Å². The second-order valence-corrected chi connectivity index (χ2v) is 12.1. The average Bonchev–Trinajstić information content (AvgIpc) is 3.27. The van der Waals surface area contributed by atoms with Gasteiger partial charge >= 0.3 is 5.97 Å². The van der Waals surface area contributed by atoms with E-state index in [0.717, 1.165) is 27.1 Å². The Bertz CT molecular complexity index is 1220. The lowest BCUT2D eigenvalue weighted by Crippen LogP contribution is -2.28. The molecule has 0 amide bonds. The van der Waals surface area contributed by atoms with Crippen molar-refractivity contribution >= 4 is 44.5 Å². The fourth-order valence-electron chi connectivity index (χ4n) is 4.28. The molecule has 0 fully saturated rings. The van der Waals surface area contributed by atoms with Crippen molar-refractivity contribution < 1.29 is 14.4 Å². The second kappa shape index (κ2) is 10.2. The number of carboxylic acid groups (broad SMARTS) is 1. The van der Waals surface area contributed by atoms with Gasteiger partial charge in [-0.25, -0.2) is 4.79 Å². The van der Waals surface area contributed by atoms with Crippen molar-refractivity contribution in [1.82, 2.24) is 5.16 Å². The van der Waals surface area contributed by atoms with Gasteiger partial charge in [-0.3, -0.25) is 0 Å². The van der Waals surface area contributed by atoms with Crippen molar-refractivity contribution in [2.45, 2.75) is 37.0 Å². The minimum atomic E-state index is -0.919. The van der Waals surface area contributed by atoms with E-state index in [-0.39, 0.29) is 16.9 Å². The molecule has 3 unspecified atom stereocenters. The highest BCUT2D eigenvalue weighted by Crippen LogP contribution is 2.41. The highest BCUT2D eigenvalue weighted by Gasteiger charge is 2.32. The van der Waals surface area contributed by atoms with Crippen molar-refractivity contribution in [3.05, 3.63) is 99.7 Å². The quantitative estimate of drug-likeness (QED) is 0.221. The molecule has 0 saturated carbocycles. The number of nitrogens with zero attached hydrogens (tertiary/aromatic N) is 1. The minimum Gasteiger partial charge on any atom is -0.478 e. The molecule has 0 saturated heterocycles. The Morgan fingerprint density at radius 1 is 1.15 bits per heavy atom. The van der Waals surface area contributed by atoms with Gasteiger partial charge in [0.15, 0.2) is 5.76 Å². The highest BCUT2D eigenvalue weighted by atomic mass is 127. The van der Waals surface area contributed by atoms with Crippen molar-refractivity contribution in [2.24, 2.45) is 11.3 Å². The van der Waals surface area contributed by atoms with Crippen LogP contribution in [0.15, 0.2) is 87.4 Å². The first-order valence-electron chi connectivity index (χ1n) is 11.2. The first kappa shape index (κ1) is 24.9. The lowest BCUT2D eigenvalue weighted by molar-refractivity contribution is 0.0697. The second-order valence-electron chi connectivity index (χ2n) is 9.74. The summed E-state index contributed by atoms with van der Waals surface area (Å²) in [7, 11) is 0. The molecule has 1 N–H and O–H groups in total. The topological polar surface area (TPSA) is 63.3 Å². The van der Waals surface area contributed by atoms with Crippen LogP contribution in [0.1, 0.15) is 48.3 Å². The fourth-order valence-corrected chi connectivity index (χ4v) is 6.28. The molecule has 3 atom stereocenters. The zero-order chi connectivity index (χ0) is 24.5. The summed E-state index contributed by atoms with van der Waals surface area (Å²) < 4.78 is 7.14. The third-order valence-corrected chi connectivity index (χ3v) is 7.91. The zero-order valence-electron chi connectivity index (χ0n) is 19.3. The summed E-state index contributed by atoms with van der Waals surface area (Å²) in [6.07, 6.45) is 7.60. The molecule has 3 aromatic rings. The zero-order valence-corrected chi connectivity index (χ0v) is 23.1. The summed E-state index contributed by atoms with van der Waals surface area (Å²) in [4.78, 5) is 11.3. The lowest BCUT2D eigenvalue weighted by Gasteiger charge is -2.34. The number of carboxylic acids is 1. The number of halogens is 2. The van der Waals surface area contributed by atoms with E-state index in [2.05, 4.69) is 82.7 Å². The maximum atomic E-state index is 11.3. The molecule has 1 aromatic heterocycles. The molecule has 176 valence electrons. The number of allylic oxidation sites excluding steroid dienone is 4. The number of carbonyl (C=O) groups is 1. The Morgan fingerprint density at radius 2 is 1.82 bits per heavy atom. The molecule has 1 aliphatic rings. The molecule has 1 aliphatic carbocycles. The summed E-state index contributed by atoms with van der Waals surface area (Å²) in [5, 5.41) is 13.7. The van der Waals surface area contributed by atoms with Gasteiger partial charge in [0.2, 0.25) is 0 Å². The standard InChI is InChI=1S/C28H27BrINO3/c1-28(2,3)23-13-10-20(15-24(23)30)22(14-17-4-6-19(7-5-17)27(32)33)25-16-26(34-31-25)18-8-11-21(29)12-9-18/h4-13,15-16,22-24H,14H2,1-3H3,(H,32,33). The lowest BCUT2D eigenvalue weighted by atomic mass is 9.74. The van der Waals surface area contributed by atoms with E-state index in [9.17, 15) is 9.90 Å². The third-order valence-electron chi connectivity index (χ3n) is 6.25. The van der Waals surface area contributed by atoms with E-state index in [1.807, 2.05) is 42.5 Å². The van der Waals surface area contributed by atoms with Crippen LogP contribution < -0.4 is 0 Å². The van der Waals surface area contributed by atoms with Crippen LogP contribution in [0.3, 0.4) is 0 Å². The van der Waals surface area contributed by atoms with Crippen LogP contribution in [-0.2, 0) is 6.42 Å². The molecular weight excluding hydrogens is 605 g/mol. The maximum Gasteiger partial charge on any atom is 0.335 e. The van der Waals surface area contributed by atoms with E-state index in [1.165, 1.54) is 5.57 Å². The van der Waals surface area contributed by atoms with Crippen LogP contribution in [-0.4, -0.2) is 20.2 Å². The van der Waals surface area contributed by atoms with Crippen molar-refractivity contribution in [2.75, 3.05) is 0 Å². The molecule has 2 aromatic carbocycles. The molecule has 34 heavy (non-hydrogen) atoms. The van der Waals surface area contributed by atoms with E-state index in [4.69, 9.17) is 4.52 Å². The fraction of sp³-hybridized carbons (Fsp3) is 0.286. The monoisotopic (exact) mass is 631 g/mol. The average molecular weight is 632 g/mol. The van der Waals surface area contributed by atoms with E-state index < -0.39 is 5.97 Å². The van der Waals surface area contributed by atoms with Gasteiger partial charge in [0.1, 0.15) is 0 Å². The molecule has 0 bridgehead atoms. The van der Waals surface area contributed by atoms with Crippen LogP contribution in [0.25, 0.3) is 11.3 Å². The van der Waals surface area contributed by atoms with Gasteiger partial charge in [0, 0.05) is 25.9 Å². The molecule has 4 rings (SSSR count). The van der Waals surface area contributed by atoms with Crippen molar-refractivity contribution in [1.29, 1.82) is 0 Å². The Hall–Kier alpha value is -2.19. The number of benzene rings is 2. The molecule has 0 radical (unpaired) electrons. The predicted molar refractivity (Wildman–Crippen MR) is 147 cm³/mol. The normalized spacial score (nSPS) is 19.0. The molecular formula is C28H27BrINO3.